The summed E-state index contributed by atoms with van der Waals surface area (Å²) in [5.74, 6) is 0.0461. The number of carbonyl (C=O) groups is 1. The van der Waals surface area contributed by atoms with Crippen LogP contribution in [-0.2, 0) is 13.1 Å². The number of hydrogen-bond donors (Lipinski definition) is 0. The fraction of sp³-hybridized carbons (Fsp3) is 0.333. The number of nitrogens with zero attached hydrogens (tertiary/aromatic N) is 3. The summed E-state index contributed by atoms with van der Waals surface area (Å²) in [7, 11) is 0. The second-order valence-corrected chi connectivity index (χ2v) is 6.58. The van der Waals surface area contributed by atoms with Gasteiger partial charge in [-0.15, -0.1) is 0 Å². The van der Waals surface area contributed by atoms with Crippen LogP contribution in [0, 0.1) is 0 Å². The molecule has 0 saturated carbocycles. The van der Waals surface area contributed by atoms with Crippen LogP contribution in [-0.4, -0.2) is 26.4 Å². The van der Waals surface area contributed by atoms with E-state index in [4.69, 9.17) is 0 Å². The molecule has 1 unspecified atom stereocenters. The van der Waals surface area contributed by atoms with Gasteiger partial charge in [-0.25, -0.2) is 0 Å². The van der Waals surface area contributed by atoms with Crippen LogP contribution in [0.15, 0.2) is 55.0 Å². The summed E-state index contributed by atoms with van der Waals surface area (Å²) in [6.45, 7) is 7.73. The molecule has 0 aliphatic rings. The van der Waals surface area contributed by atoms with E-state index in [1.807, 2.05) is 36.7 Å². The molecule has 2 heterocycles. The highest BCUT2D eigenvalue weighted by molar-refractivity contribution is 5.93. The maximum absolute atomic E-state index is 12.0. The topological polar surface area (TPSA) is 38.1 Å². The first-order chi connectivity index (χ1) is 12.1. The minimum absolute atomic E-state index is 0.0461. The Bertz CT molecular complexity index is 854. The zero-order chi connectivity index (χ0) is 17.8. The van der Waals surface area contributed by atoms with Crippen LogP contribution in [0.5, 0.6) is 0 Å². The number of hydrogen-bond acceptors (Lipinski definition) is 3. The maximum atomic E-state index is 12.0. The molecule has 0 N–H and O–H groups in total. The maximum Gasteiger partial charge on any atom is 0.227 e. The van der Waals surface area contributed by atoms with Gasteiger partial charge >= 0.3 is 0 Å². The van der Waals surface area contributed by atoms with Crippen molar-refractivity contribution < 1.29 is 4.79 Å². The Morgan fingerprint density at radius 3 is 2.68 bits per heavy atom. The molecule has 1 atom stereocenters. The van der Waals surface area contributed by atoms with E-state index < -0.39 is 0 Å². The highest BCUT2D eigenvalue weighted by Crippen LogP contribution is 2.24. The van der Waals surface area contributed by atoms with Crippen LogP contribution < -0.4 is 0 Å². The van der Waals surface area contributed by atoms with Crippen LogP contribution in [0.2, 0.25) is 0 Å². The van der Waals surface area contributed by atoms with Crippen molar-refractivity contribution in [2.45, 2.75) is 46.3 Å². The fourth-order valence-corrected chi connectivity index (χ4v) is 3.21. The van der Waals surface area contributed by atoms with Gasteiger partial charge in [-0.2, -0.15) is 0 Å². The molecule has 2 aromatic heterocycles. The Morgan fingerprint density at radius 1 is 1.20 bits per heavy atom. The zero-order valence-corrected chi connectivity index (χ0v) is 15.1. The van der Waals surface area contributed by atoms with Gasteiger partial charge in [-0.1, -0.05) is 31.2 Å². The minimum Gasteiger partial charge on any atom is -0.292 e. The number of rotatable bonds is 6. The SMILES string of the molecule is CCC(C)N(Cc1cccnc1)Cc1cn(C(C)=O)c2ccccc12. The van der Waals surface area contributed by atoms with Gasteiger partial charge < -0.3 is 0 Å². The lowest BCUT2D eigenvalue weighted by atomic mass is 10.1. The third-order valence-corrected chi connectivity index (χ3v) is 4.83. The lowest BCUT2D eigenvalue weighted by Crippen LogP contribution is -2.31. The quantitative estimate of drug-likeness (QED) is 0.666. The summed E-state index contributed by atoms with van der Waals surface area (Å²) in [4.78, 5) is 18.7. The first-order valence-electron chi connectivity index (χ1n) is 8.83. The van der Waals surface area contributed by atoms with Gasteiger partial charge in [-0.3, -0.25) is 19.2 Å². The predicted octanol–water partition coefficient (Wildman–Crippen LogP) is 4.50. The fourth-order valence-electron chi connectivity index (χ4n) is 3.21. The Kier molecular flexibility index (Phi) is 5.29. The molecule has 3 aromatic rings. The van der Waals surface area contributed by atoms with E-state index in [1.165, 1.54) is 11.1 Å². The monoisotopic (exact) mass is 335 g/mol. The number of benzene rings is 1. The molecule has 0 spiro atoms. The lowest BCUT2D eigenvalue weighted by molar-refractivity contribution is 0.0941. The number of para-hydroxylation sites is 1. The molecule has 130 valence electrons. The normalized spacial score (nSPS) is 12.6. The molecule has 0 amide bonds. The Hall–Kier alpha value is -2.46. The molecule has 3 rings (SSSR count). The van der Waals surface area contributed by atoms with E-state index in [0.29, 0.717) is 6.04 Å². The van der Waals surface area contributed by atoms with Crippen molar-refractivity contribution in [3.63, 3.8) is 0 Å². The van der Waals surface area contributed by atoms with Gasteiger partial charge in [0.05, 0.1) is 5.52 Å². The summed E-state index contributed by atoms with van der Waals surface area (Å²) in [6, 6.07) is 12.7. The van der Waals surface area contributed by atoms with Crippen LogP contribution in [0.1, 0.15) is 43.1 Å². The van der Waals surface area contributed by atoms with E-state index in [1.54, 1.807) is 17.7 Å². The summed E-state index contributed by atoms with van der Waals surface area (Å²) in [5.41, 5.74) is 3.38. The summed E-state index contributed by atoms with van der Waals surface area (Å²) < 4.78 is 1.75. The number of fused-ring (bicyclic) bond motifs is 1. The third kappa shape index (κ3) is 3.80. The van der Waals surface area contributed by atoms with Gasteiger partial charge in [0.1, 0.15) is 0 Å². The second-order valence-electron chi connectivity index (χ2n) is 6.58. The van der Waals surface area contributed by atoms with E-state index >= 15 is 0 Å². The largest absolute Gasteiger partial charge is 0.292 e. The smallest absolute Gasteiger partial charge is 0.227 e. The van der Waals surface area contributed by atoms with Crippen LogP contribution in [0.3, 0.4) is 0 Å². The molecule has 0 fully saturated rings. The van der Waals surface area contributed by atoms with Crippen molar-refractivity contribution in [2.75, 3.05) is 0 Å². The van der Waals surface area contributed by atoms with Crippen molar-refractivity contribution >= 4 is 16.8 Å². The van der Waals surface area contributed by atoms with Gasteiger partial charge in [0.2, 0.25) is 5.91 Å². The minimum atomic E-state index is 0.0461. The number of aromatic nitrogens is 2. The average Bonchev–Trinajstić information content (AvgIpc) is 3.00. The second kappa shape index (κ2) is 7.62. The number of pyridine rings is 1. The van der Waals surface area contributed by atoms with Gasteiger partial charge in [0.15, 0.2) is 0 Å². The molecule has 0 radical (unpaired) electrons. The standard InChI is InChI=1S/C21H25N3O/c1-4-16(2)23(13-18-8-7-11-22-12-18)14-19-15-24(17(3)25)21-10-6-5-9-20(19)21/h5-12,15-16H,4,13-14H2,1-3H3. The van der Waals surface area contributed by atoms with Crippen LogP contribution in [0.4, 0.5) is 0 Å². The van der Waals surface area contributed by atoms with Gasteiger partial charge in [0.25, 0.3) is 0 Å². The van der Waals surface area contributed by atoms with Crippen molar-refractivity contribution in [1.82, 2.24) is 14.5 Å². The Morgan fingerprint density at radius 2 is 2.00 bits per heavy atom. The average molecular weight is 335 g/mol. The van der Waals surface area contributed by atoms with Crippen LogP contribution in [0.25, 0.3) is 10.9 Å². The molecule has 0 aliphatic heterocycles. The Balaban J connectivity index is 1.94. The Labute approximate surface area is 149 Å². The molecule has 0 saturated heterocycles. The summed E-state index contributed by atoms with van der Waals surface area (Å²) in [6.07, 6.45) is 6.79. The lowest BCUT2D eigenvalue weighted by Gasteiger charge is -2.28. The zero-order valence-electron chi connectivity index (χ0n) is 15.1. The van der Waals surface area contributed by atoms with Gasteiger partial charge in [0, 0.05) is 50.0 Å². The first-order valence-corrected chi connectivity index (χ1v) is 8.83. The predicted molar refractivity (Wildman–Crippen MR) is 101 cm³/mol. The first kappa shape index (κ1) is 17.4. The number of carbonyl (C=O) groups excluding carboxylic acids is 1. The van der Waals surface area contributed by atoms with Crippen molar-refractivity contribution in [2.24, 2.45) is 0 Å². The van der Waals surface area contributed by atoms with Crippen molar-refractivity contribution in [3.8, 4) is 0 Å². The van der Waals surface area contributed by atoms with E-state index in [9.17, 15) is 4.79 Å². The third-order valence-electron chi connectivity index (χ3n) is 4.83. The van der Waals surface area contributed by atoms with Gasteiger partial charge in [-0.05, 0) is 36.6 Å². The molecule has 4 nitrogen and oxygen atoms in total. The molecule has 0 bridgehead atoms. The summed E-state index contributed by atoms with van der Waals surface area (Å²) in [5, 5.41) is 1.15. The molecule has 4 heteroatoms. The van der Waals surface area contributed by atoms with E-state index in [-0.39, 0.29) is 5.91 Å². The van der Waals surface area contributed by atoms with Crippen molar-refractivity contribution in [1.29, 1.82) is 0 Å². The molecular weight excluding hydrogens is 310 g/mol. The molecular formula is C21H25N3O. The molecule has 25 heavy (non-hydrogen) atoms. The highest BCUT2D eigenvalue weighted by atomic mass is 16.1. The highest BCUT2D eigenvalue weighted by Gasteiger charge is 2.17. The molecule has 0 aliphatic carbocycles. The van der Waals surface area contributed by atoms with E-state index in [0.717, 1.165) is 30.4 Å². The van der Waals surface area contributed by atoms with Crippen molar-refractivity contribution in [3.05, 3.63) is 66.1 Å². The summed E-state index contributed by atoms with van der Waals surface area (Å²) >= 11 is 0. The van der Waals surface area contributed by atoms with E-state index in [2.05, 4.69) is 35.9 Å². The molecule has 1 aromatic carbocycles. The van der Waals surface area contributed by atoms with Crippen LogP contribution >= 0.6 is 0 Å².